The maximum absolute atomic E-state index is 11.8. The zero-order valence-corrected chi connectivity index (χ0v) is 9.95. The Hall–Kier alpha value is -0.810. The first kappa shape index (κ1) is 11.7. The first-order chi connectivity index (χ1) is 7.75. The van der Waals surface area contributed by atoms with Crippen molar-refractivity contribution in [3.63, 3.8) is 0 Å². The minimum atomic E-state index is -0.125. The highest BCUT2D eigenvalue weighted by Crippen LogP contribution is 2.10. The summed E-state index contributed by atoms with van der Waals surface area (Å²) >= 11 is 0. The number of amides is 1. The molecule has 2 aliphatic rings. The number of likely N-dealkylation sites (N-methyl/N-ethyl adjacent to an activating group) is 1. The van der Waals surface area contributed by atoms with Crippen LogP contribution >= 0.6 is 0 Å². The Morgan fingerprint density at radius 1 is 1.19 bits per heavy atom. The van der Waals surface area contributed by atoms with Crippen LogP contribution in [-0.2, 0) is 4.74 Å². The van der Waals surface area contributed by atoms with Crippen LogP contribution in [0.15, 0.2) is 0 Å². The lowest BCUT2D eigenvalue weighted by Gasteiger charge is -2.33. The Morgan fingerprint density at radius 2 is 1.81 bits per heavy atom. The zero-order valence-electron chi connectivity index (χ0n) is 9.95. The maximum atomic E-state index is 11.8. The predicted molar refractivity (Wildman–Crippen MR) is 61.4 cm³/mol. The van der Waals surface area contributed by atoms with Crippen molar-refractivity contribution in [1.82, 2.24) is 15.1 Å². The molecule has 0 aliphatic carbocycles. The molecule has 0 aromatic rings. The molecule has 0 spiro atoms. The van der Waals surface area contributed by atoms with Gasteiger partial charge in [-0.25, -0.2) is 4.79 Å². The van der Waals surface area contributed by atoms with Crippen LogP contribution in [0.5, 0.6) is 0 Å². The lowest BCUT2D eigenvalue weighted by molar-refractivity contribution is 0.0381. The molecular formula is C11H21N3O2. The van der Waals surface area contributed by atoms with Gasteiger partial charge in [-0.05, 0) is 33.0 Å². The van der Waals surface area contributed by atoms with Crippen molar-refractivity contribution in [3.8, 4) is 0 Å². The molecule has 1 N–H and O–H groups in total. The second-order valence-electron chi connectivity index (χ2n) is 4.62. The molecule has 0 saturated carbocycles. The number of nitrogens with zero attached hydrogens (tertiary/aromatic N) is 2. The van der Waals surface area contributed by atoms with Gasteiger partial charge in [0.25, 0.3) is 0 Å². The molecule has 1 amide bonds. The Labute approximate surface area is 96.7 Å². The topological polar surface area (TPSA) is 44.8 Å². The number of rotatable bonds is 1. The summed E-state index contributed by atoms with van der Waals surface area (Å²) in [6.07, 6.45) is 1.88. The van der Waals surface area contributed by atoms with Crippen molar-refractivity contribution in [2.24, 2.45) is 0 Å². The van der Waals surface area contributed by atoms with Crippen molar-refractivity contribution in [2.75, 3.05) is 46.3 Å². The molecule has 2 heterocycles. The molecule has 2 rings (SSSR count). The first-order valence-electron chi connectivity index (χ1n) is 6.10. The van der Waals surface area contributed by atoms with Gasteiger partial charge >= 0.3 is 6.09 Å². The van der Waals surface area contributed by atoms with Crippen LogP contribution in [0.2, 0.25) is 0 Å². The van der Waals surface area contributed by atoms with E-state index in [1.807, 2.05) is 4.90 Å². The summed E-state index contributed by atoms with van der Waals surface area (Å²) in [6, 6.07) is 0. The lowest BCUT2D eigenvalue weighted by Crippen LogP contribution is -2.48. The van der Waals surface area contributed by atoms with Crippen molar-refractivity contribution in [3.05, 3.63) is 0 Å². The van der Waals surface area contributed by atoms with E-state index >= 15 is 0 Å². The van der Waals surface area contributed by atoms with Gasteiger partial charge in [-0.3, -0.25) is 0 Å². The van der Waals surface area contributed by atoms with Gasteiger partial charge in [-0.1, -0.05) is 0 Å². The molecule has 0 radical (unpaired) electrons. The fourth-order valence-corrected chi connectivity index (χ4v) is 2.12. The number of hydrogen-bond donors (Lipinski definition) is 1. The Bertz CT molecular complexity index is 233. The van der Waals surface area contributed by atoms with Gasteiger partial charge in [0, 0.05) is 26.2 Å². The summed E-state index contributed by atoms with van der Waals surface area (Å²) < 4.78 is 5.49. The highest BCUT2D eigenvalue weighted by atomic mass is 16.6. The van der Waals surface area contributed by atoms with Gasteiger partial charge in [-0.15, -0.1) is 0 Å². The molecule has 16 heavy (non-hydrogen) atoms. The monoisotopic (exact) mass is 227 g/mol. The standard InChI is InChI=1S/C11H21N3O2/c1-13-6-8-14(9-7-13)11(15)16-10-2-4-12-5-3-10/h10,12H,2-9H2,1H3. The largest absolute Gasteiger partial charge is 0.446 e. The number of nitrogens with one attached hydrogen (secondary N) is 1. The molecule has 5 nitrogen and oxygen atoms in total. The van der Waals surface area contributed by atoms with E-state index in [0.29, 0.717) is 0 Å². The van der Waals surface area contributed by atoms with Gasteiger partial charge in [0.2, 0.25) is 0 Å². The minimum Gasteiger partial charge on any atom is -0.446 e. The van der Waals surface area contributed by atoms with Crippen LogP contribution in [0.1, 0.15) is 12.8 Å². The van der Waals surface area contributed by atoms with Crippen molar-refractivity contribution < 1.29 is 9.53 Å². The molecule has 92 valence electrons. The van der Waals surface area contributed by atoms with E-state index in [1.54, 1.807) is 0 Å². The van der Waals surface area contributed by atoms with E-state index in [9.17, 15) is 4.79 Å². The average Bonchev–Trinajstić information content (AvgIpc) is 2.31. The SMILES string of the molecule is CN1CCN(C(=O)OC2CCNCC2)CC1. The van der Waals surface area contributed by atoms with Crippen molar-refractivity contribution >= 4 is 6.09 Å². The van der Waals surface area contributed by atoms with E-state index in [0.717, 1.165) is 52.1 Å². The van der Waals surface area contributed by atoms with Crippen LogP contribution in [-0.4, -0.2) is 68.3 Å². The third-order valence-corrected chi connectivity index (χ3v) is 3.32. The van der Waals surface area contributed by atoms with Gasteiger partial charge in [0.15, 0.2) is 0 Å². The Morgan fingerprint density at radius 3 is 2.44 bits per heavy atom. The molecule has 0 bridgehead atoms. The van der Waals surface area contributed by atoms with Gasteiger partial charge in [0.05, 0.1) is 0 Å². The average molecular weight is 227 g/mol. The van der Waals surface area contributed by atoms with Crippen LogP contribution in [0.4, 0.5) is 4.79 Å². The van der Waals surface area contributed by atoms with E-state index in [4.69, 9.17) is 4.74 Å². The third-order valence-electron chi connectivity index (χ3n) is 3.32. The number of carbonyl (C=O) groups excluding carboxylic acids is 1. The molecule has 0 aromatic carbocycles. The summed E-state index contributed by atoms with van der Waals surface area (Å²) in [5.74, 6) is 0. The van der Waals surface area contributed by atoms with Crippen molar-refractivity contribution in [2.45, 2.75) is 18.9 Å². The van der Waals surface area contributed by atoms with Crippen molar-refractivity contribution in [1.29, 1.82) is 0 Å². The van der Waals surface area contributed by atoms with E-state index in [-0.39, 0.29) is 12.2 Å². The lowest BCUT2D eigenvalue weighted by atomic mass is 10.1. The molecular weight excluding hydrogens is 206 g/mol. The molecule has 2 fully saturated rings. The summed E-state index contributed by atoms with van der Waals surface area (Å²) in [6.45, 7) is 5.39. The van der Waals surface area contributed by atoms with Crippen LogP contribution in [0, 0.1) is 0 Å². The summed E-state index contributed by atoms with van der Waals surface area (Å²) in [5, 5.41) is 3.26. The number of carbonyl (C=O) groups is 1. The van der Waals surface area contributed by atoms with E-state index < -0.39 is 0 Å². The highest BCUT2D eigenvalue weighted by molar-refractivity contribution is 5.68. The third kappa shape index (κ3) is 3.09. The van der Waals surface area contributed by atoms with E-state index in [2.05, 4.69) is 17.3 Å². The highest BCUT2D eigenvalue weighted by Gasteiger charge is 2.24. The normalized spacial score (nSPS) is 24.4. The number of ether oxygens (including phenoxy) is 1. The minimum absolute atomic E-state index is 0.119. The van der Waals surface area contributed by atoms with E-state index in [1.165, 1.54) is 0 Å². The summed E-state index contributed by atoms with van der Waals surface area (Å²) in [4.78, 5) is 15.9. The summed E-state index contributed by atoms with van der Waals surface area (Å²) in [5.41, 5.74) is 0. The number of piperidine rings is 1. The Balaban J connectivity index is 1.74. The summed E-state index contributed by atoms with van der Waals surface area (Å²) in [7, 11) is 2.08. The van der Waals surface area contributed by atoms with Gasteiger partial charge < -0.3 is 19.9 Å². The van der Waals surface area contributed by atoms with Gasteiger partial charge in [-0.2, -0.15) is 0 Å². The molecule has 5 heteroatoms. The molecule has 2 saturated heterocycles. The van der Waals surface area contributed by atoms with Crippen LogP contribution in [0.3, 0.4) is 0 Å². The van der Waals surface area contributed by atoms with Crippen LogP contribution < -0.4 is 5.32 Å². The zero-order chi connectivity index (χ0) is 11.4. The number of hydrogen-bond acceptors (Lipinski definition) is 4. The molecule has 0 aromatic heterocycles. The smallest absolute Gasteiger partial charge is 0.410 e. The second kappa shape index (κ2) is 5.50. The first-order valence-corrected chi connectivity index (χ1v) is 6.10. The van der Waals surface area contributed by atoms with Gasteiger partial charge in [0.1, 0.15) is 6.10 Å². The Kier molecular flexibility index (Phi) is 4.01. The van der Waals surface area contributed by atoms with Crippen LogP contribution in [0.25, 0.3) is 0 Å². The second-order valence-corrected chi connectivity index (χ2v) is 4.62. The molecule has 2 aliphatic heterocycles. The molecule has 0 unspecified atom stereocenters. The maximum Gasteiger partial charge on any atom is 0.410 e. The number of piperazine rings is 1. The quantitative estimate of drug-likeness (QED) is 0.691. The predicted octanol–water partition coefficient (Wildman–Crippen LogP) is 0.122. The fraction of sp³-hybridized carbons (Fsp3) is 0.909. The molecule has 0 atom stereocenters. The fourth-order valence-electron chi connectivity index (χ4n) is 2.12.